The third-order valence-electron chi connectivity index (χ3n) is 5.56. The van der Waals surface area contributed by atoms with E-state index >= 15 is 0 Å². The fourth-order valence-corrected chi connectivity index (χ4v) is 4.05. The van der Waals surface area contributed by atoms with E-state index in [4.69, 9.17) is 4.74 Å². The quantitative estimate of drug-likeness (QED) is 0.920. The molecule has 1 amide bonds. The third kappa shape index (κ3) is 2.53. The molecule has 3 fully saturated rings. The van der Waals surface area contributed by atoms with Gasteiger partial charge in [0.25, 0.3) is 0 Å². The first kappa shape index (κ1) is 14.4. The maximum absolute atomic E-state index is 11.8. The molecule has 1 N–H and O–H groups in total. The highest BCUT2D eigenvalue weighted by atomic mass is 16.5. The van der Waals surface area contributed by atoms with Crippen molar-refractivity contribution in [3.63, 3.8) is 0 Å². The van der Waals surface area contributed by atoms with Gasteiger partial charge in [0.05, 0.1) is 5.60 Å². The number of carboxylic acid groups (broad SMARTS) is 1. The van der Waals surface area contributed by atoms with Crippen LogP contribution in [0.5, 0.6) is 0 Å². The number of rotatable bonds is 4. The Labute approximate surface area is 125 Å². The van der Waals surface area contributed by atoms with Crippen LogP contribution in [0.3, 0.4) is 0 Å². The van der Waals surface area contributed by atoms with Gasteiger partial charge in [0.2, 0.25) is 0 Å². The van der Waals surface area contributed by atoms with Crippen LogP contribution >= 0.6 is 0 Å². The second-order valence-corrected chi connectivity index (χ2v) is 6.47. The summed E-state index contributed by atoms with van der Waals surface area (Å²) in [6.07, 6.45) is 4.87. The average Bonchev–Trinajstić information content (AvgIpc) is 2.55. The topological polar surface area (TPSA) is 49.8 Å². The Morgan fingerprint density at radius 3 is 2.19 bits per heavy atom. The van der Waals surface area contributed by atoms with E-state index in [9.17, 15) is 9.90 Å². The Balaban J connectivity index is 1.81. The monoisotopic (exact) mass is 289 g/mol. The molecule has 0 aromatic heterocycles. The van der Waals surface area contributed by atoms with Crippen molar-refractivity contribution in [1.82, 2.24) is 4.90 Å². The zero-order valence-corrected chi connectivity index (χ0v) is 12.5. The van der Waals surface area contributed by atoms with Crippen LogP contribution in [0.15, 0.2) is 30.3 Å². The summed E-state index contributed by atoms with van der Waals surface area (Å²) in [4.78, 5) is 13.5. The largest absolute Gasteiger partial charge is 0.465 e. The normalized spacial score (nSPS) is 31.1. The number of hydrogen-bond donors (Lipinski definition) is 1. The standard InChI is InChI=1S/C17H23NO3/c1-21-17-10-7-16(8-11-17,9-12-17)18(15(19)20)13-14-5-3-2-4-6-14/h2-6H,7-13H2,1H3,(H,19,20). The third-order valence-corrected chi connectivity index (χ3v) is 5.56. The van der Waals surface area contributed by atoms with Crippen molar-refractivity contribution in [3.8, 4) is 0 Å². The van der Waals surface area contributed by atoms with E-state index < -0.39 is 6.09 Å². The molecule has 3 aliphatic carbocycles. The van der Waals surface area contributed by atoms with Gasteiger partial charge in [-0.2, -0.15) is 0 Å². The second kappa shape index (κ2) is 5.34. The summed E-state index contributed by atoms with van der Waals surface area (Å²) < 4.78 is 5.70. The molecule has 3 saturated carbocycles. The van der Waals surface area contributed by atoms with E-state index in [1.54, 1.807) is 12.0 Å². The number of carbonyl (C=O) groups is 1. The van der Waals surface area contributed by atoms with Crippen LogP contribution < -0.4 is 0 Å². The molecule has 2 bridgehead atoms. The number of fused-ring (bicyclic) bond motifs is 3. The average molecular weight is 289 g/mol. The molecule has 4 nitrogen and oxygen atoms in total. The molecule has 0 saturated heterocycles. The molecule has 0 aliphatic heterocycles. The van der Waals surface area contributed by atoms with Gasteiger partial charge in [-0.05, 0) is 44.1 Å². The summed E-state index contributed by atoms with van der Waals surface area (Å²) in [6, 6.07) is 9.88. The molecular formula is C17H23NO3. The van der Waals surface area contributed by atoms with Gasteiger partial charge in [0, 0.05) is 19.2 Å². The number of methoxy groups -OCH3 is 1. The minimum absolute atomic E-state index is 0.0126. The maximum Gasteiger partial charge on any atom is 0.408 e. The number of amides is 1. The zero-order valence-electron chi connectivity index (χ0n) is 12.5. The van der Waals surface area contributed by atoms with Crippen molar-refractivity contribution >= 4 is 6.09 Å². The van der Waals surface area contributed by atoms with Crippen LogP contribution in [0.4, 0.5) is 4.79 Å². The number of ether oxygens (including phenoxy) is 1. The van der Waals surface area contributed by atoms with Crippen LogP contribution in [-0.4, -0.2) is 34.3 Å². The smallest absolute Gasteiger partial charge is 0.408 e. The molecule has 0 unspecified atom stereocenters. The van der Waals surface area contributed by atoms with E-state index in [1.807, 2.05) is 30.3 Å². The molecule has 0 heterocycles. The van der Waals surface area contributed by atoms with Gasteiger partial charge in [-0.25, -0.2) is 4.79 Å². The van der Waals surface area contributed by atoms with Gasteiger partial charge in [-0.3, -0.25) is 4.90 Å². The molecule has 4 rings (SSSR count). The summed E-state index contributed by atoms with van der Waals surface area (Å²) >= 11 is 0. The lowest BCUT2D eigenvalue weighted by molar-refractivity contribution is -0.126. The van der Waals surface area contributed by atoms with E-state index in [0.29, 0.717) is 6.54 Å². The molecule has 3 aliphatic rings. The molecule has 114 valence electrons. The van der Waals surface area contributed by atoms with E-state index in [2.05, 4.69) is 0 Å². The van der Waals surface area contributed by atoms with E-state index in [-0.39, 0.29) is 11.1 Å². The van der Waals surface area contributed by atoms with Gasteiger partial charge in [-0.1, -0.05) is 30.3 Å². The molecule has 4 heteroatoms. The maximum atomic E-state index is 11.8. The summed E-state index contributed by atoms with van der Waals surface area (Å²) in [7, 11) is 1.79. The SMILES string of the molecule is COC12CCC(N(Cc3ccccc3)C(=O)O)(CC1)CC2. The first-order valence-corrected chi connectivity index (χ1v) is 7.69. The zero-order chi connectivity index (χ0) is 14.9. The highest BCUT2D eigenvalue weighted by Gasteiger charge is 2.52. The Morgan fingerprint density at radius 2 is 1.71 bits per heavy atom. The van der Waals surface area contributed by atoms with E-state index in [1.165, 1.54) is 0 Å². The van der Waals surface area contributed by atoms with Crippen molar-refractivity contribution < 1.29 is 14.6 Å². The lowest BCUT2D eigenvalue weighted by Gasteiger charge is -2.56. The summed E-state index contributed by atoms with van der Waals surface area (Å²) in [5.41, 5.74) is 0.879. The van der Waals surface area contributed by atoms with Crippen molar-refractivity contribution in [2.45, 2.75) is 56.2 Å². The first-order chi connectivity index (χ1) is 10.1. The molecule has 1 aromatic rings. The fourth-order valence-electron chi connectivity index (χ4n) is 4.05. The predicted octanol–water partition coefficient (Wildman–Crippen LogP) is 3.66. The molecule has 0 radical (unpaired) electrons. The molecule has 0 atom stereocenters. The van der Waals surface area contributed by atoms with Gasteiger partial charge in [-0.15, -0.1) is 0 Å². The number of hydrogen-bond acceptors (Lipinski definition) is 2. The van der Waals surface area contributed by atoms with Crippen LogP contribution in [-0.2, 0) is 11.3 Å². The van der Waals surface area contributed by atoms with Gasteiger partial charge in [0.1, 0.15) is 0 Å². The van der Waals surface area contributed by atoms with Gasteiger partial charge in [0.15, 0.2) is 0 Å². The minimum Gasteiger partial charge on any atom is -0.465 e. The summed E-state index contributed by atoms with van der Waals surface area (Å²) in [5, 5.41) is 9.72. The van der Waals surface area contributed by atoms with Crippen molar-refractivity contribution in [2.75, 3.05) is 7.11 Å². The van der Waals surface area contributed by atoms with Crippen molar-refractivity contribution in [3.05, 3.63) is 35.9 Å². The van der Waals surface area contributed by atoms with Crippen LogP contribution in [0.1, 0.15) is 44.1 Å². The lowest BCUT2D eigenvalue weighted by atomic mass is 9.62. The lowest BCUT2D eigenvalue weighted by Crippen LogP contribution is -2.60. The molecule has 1 aromatic carbocycles. The van der Waals surface area contributed by atoms with Gasteiger partial charge < -0.3 is 9.84 Å². The van der Waals surface area contributed by atoms with Crippen LogP contribution in [0.25, 0.3) is 0 Å². The summed E-state index contributed by atoms with van der Waals surface area (Å²) in [6.45, 7) is 0.482. The fraction of sp³-hybridized carbons (Fsp3) is 0.588. The first-order valence-electron chi connectivity index (χ1n) is 7.69. The highest BCUT2D eigenvalue weighted by Crippen LogP contribution is 2.51. The Kier molecular flexibility index (Phi) is 3.66. The molecule has 0 spiro atoms. The summed E-state index contributed by atoms with van der Waals surface area (Å²) in [5.74, 6) is 0. The van der Waals surface area contributed by atoms with Crippen molar-refractivity contribution in [1.29, 1.82) is 0 Å². The number of benzene rings is 1. The highest BCUT2D eigenvalue weighted by molar-refractivity contribution is 5.66. The minimum atomic E-state index is -0.800. The Morgan fingerprint density at radius 1 is 1.14 bits per heavy atom. The Hall–Kier alpha value is -1.55. The van der Waals surface area contributed by atoms with E-state index in [0.717, 1.165) is 44.1 Å². The molecule has 21 heavy (non-hydrogen) atoms. The predicted molar refractivity (Wildman–Crippen MR) is 80.2 cm³/mol. The van der Waals surface area contributed by atoms with Gasteiger partial charge >= 0.3 is 6.09 Å². The Bertz CT molecular complexity index is 489. The van der Waals surface area contributed by atoms with Crippen molar-refractivity contribution in [2.24, 2.45) is 0 Å². The van der Waals surface area contributed by atoms with Crippen LogP contribution in [0, 0.1) is 0 Å². The number of nitrogens with zero attached hydrogens (tertiary/aromatic N) is 1. The molecular weight excluding hydrogens is 266 g/mol. The second-order valence-electron chi connectivity index (χ2n) is 6.47. The van der Waals surface area contributed by atoms with Crippen LogP contribution in [0.2, 0.25) is 0 Å².